The molecule has 0 aromatic heterocycles. The van der Waals surface area contributed by atoms with Gasteiger partial charge in [0, 0.05) is 14.1 Å². The van der Waals surface area contributed by atoms with Gasteiger partial charge in [0.2, 0.25) is 0 Å². The molecule has 0 saturated carbocycles. The summed E-state index contributed by atoms with van der Waals surface area (Å²) in [5, 5.41) is 2.21. The average molecular weight is 312 g/mol. The minimum Gasteiger partial charge on any atom is -0.465 e. The van der Waals surface area contributed by atoms with Crippen molar-refractivity contribution in [1.29, 1.82) is 0 Å². The van der Waals surface area contributed by atoms with E-state index in [9.17, 15) is 4.79 Å². The second-order valence-electron chi connectivity index (χ2n) is 6.11. The van der Waals surface area contributed by atoms with Crippen LogP contribution in [0.4, 0.5) is 5.69 Å². The van der Waals surface area contributed by atoms with Crippen LogP contribution in [-0.2, 0) is 4.74 Å². The number of aryl methyl sites for hydroxylation is 2. The van der Waals surface area contributed by atoms with Gasteiger partial charge >= 0.3 is 5.97 Å². The van der Waals surface area contributed by atoms with E-state index in [1.54, 1.807) is 6.34 Å². The van der Waals surface area contributed by atoms with Crippen LogP contribution < -0.4 is 0 Å². The third-order valence-electron chi connectivity index (χ3n) is 4.46. The van der Waals surface area contributed by atoms with Crippen LogP contribution >= 0.6 is 0 Å². The van der Waals surface area contributed by atoms with E-state index in [0.29, 0.717) is 11.3 Å². The maximum atomic E-state index is 12.2. The predicted octanol–water partition coefficient (Wildman–Crippen LogP) is 4.08. The van der Waals surface area contributed by atoms with Crippen LogP contribution in [0.15, 0.2) is 17.1 Å². The Morgan fingerprint density at radius 1 is 1.00 bits per heavy atom. The largest absolute Gasteiger partial charge is 0.465 e. The Hall–Kier alpha value is -2.36. The van der Waals surface area contributed by atoms with Crippen LogP contribution in [0.1, 0.15) is 32.6 Å². The second kappa shape index (κ2) is 6.41. The molecule has 2 rings (SSSR count). The van der Waals surface area contributed by atoms with Crippen molar-refractivity contribution in [1.82, 2.24) is 4.90 Å². The summed E-state index contributed by atoms with van der Waals surface area (Å²) in [6.07, 6.45) is 1.69. The number of benzene rings is 2. The molecule has 0 fully saturated rings. The van der Waals surface area contributed by atoms with Crippen molar-refractivity contribution >= 4 is 28.8 Å². The molecule has 2 aromatic carbocycles. The molecule has 0 radical (unpaired) electrons. The van der Waals surface area contributed by atoms with Gasteiger partial charge in [-0.25, -0.2) is 9.79 Å². The highest BCUT2D eigenvalue weighted by atomic mass is 16.5. The highest BCUT2D eigenvalue weighted by Gasteiger charge is 2.17. The number of rotatable bonds is 3. The first-order chi connectivity index (χ1) is 10.8. The first-order valence-electron chi connectivity index (χ1n) is 7.61. The molecule has 0 amide bonds. The maximum Gasteiger partial charge on any atom is 0.340 e. The number of carbonyl (C=O) groups excluding carboxylic acids is 1. The molecule has 0 atom stereocenters. The molecule has 0 unspecified atom stereocenters. The SMILES string of the molecule is COC(=O)c1cc2c(C)c(C)c(C)c(C)c2cc1N=CN(C)C. The molecule has 0 aliphatic rings. The quantitative estimate of drug-likeness (QED) is 0.487. The molecule has 122 valence electrons. The normalized spacial score (nSPS) is 11.3. The molecular weight excluding hydrogens is 288 g/mol. The lowest BCUT2D eigenvalue weighted by atomic mass is 9.90. The fraction of sp³-hybridized carbons (Fsp3) is 0.368. The smallest absolute Gasteiger partial charge is 0.340 e. The Labute approximate surface area is 137 Å². The van der Waals surface area contributed by atoms with E-state index < -0.39 is 0 Å². The van der Waals surface area contributed by atoms with Gasteiger partial charge in [0.25, 0.3) is 0 Å². The number of nitrogens with zero attached hydrogens (tertiary/aromatic N) is 2. The van der Waals surface area contributed by atoms with Crippen LogP contribution in [0.25, 0.3) is 10.8 Å². The van der Waals surface area contributed by atoms with Crippen molar-refractivity contribution in [2.24, 2.45) is 4.99 Å². The number of ether oxygens (including phenoxy) is 1. The Morgan fingerprint density at radius 3 is 2.00 bits per heavy atom. The number of carbonyl (C=O) groups is 1. The van der Waals surface area contributed by atoms with Crippen LogP contribution in [-0.4, -0.2) is 38.4 Å². The van der Waals surface area contributed by atoms with Crippen molar-refractivity contribution in [3.63, 3.8) is 0 Å². The lowest BCUT2D eigenvalue weighted by Gasteiger charge is -2.16. The number of aliphatic imine (C=N–C) groups is 1. The molecule has 0 spiro atoms. The van der Waals surface area contributed by atoms with E-state index in [4.69, 9.17) is 4.74 Å². The Morgan fingerprint density at radius 2 is 1.52 bits per heavy atom. The number of methoxy groups -OCH3 is 1. The summed E-state index contributed by atoms with van der Waals surface area (Å²) in [6.45, 7) is 8.45. The van der Waals surface area contributed by atoms with Gasteiger partial charge < -0.3 is 9.64 Å². The van der Waals surface area contributed by atoms with Gasteiger partial charge in [0.15, 0.2) is 0 Å². The van der Waals surface area contributed by atoms with Crippen LogP contribution in [0.3, 0.4) is 0 Å². The van der Waals surface area contributed by atoms with Crippen LogP contribution in [0, 0.1) is 27.7 Å². The lowest BCUT2D eigenvalue weighted by molar-refractivity contribution is 0.0602. The van der Waals surface area contributed by atoms with E-state index in [0.717, 1.165) is 10.8 Å². The first-order valence-corrected chi connectivity index (χ1v) is 7.61. The molecule has 0 aliphatic heterocycles. The minimum atomic E-state index is -0.368. The van der Waals surface area contributed by atoms with E-state index >= 15 is 0 Å². The molecule has 0 saturated heterocycles. The van der Waals surface area contributed by atoms with Crippen molar-refractivity contribution < 1.29 is 9.53 Å². The zero-order valence-electron chi connectivity index (χ0n) is 14.9. The Bertz CT molecular complexity index is 805. The molecule has 4 nitrogen and oxygen atoms in total. The summed E-state index contributed by atoms with van der Waals surface area (Å²) >= 11 is 0. The standard InChI is InChI=1S/C19H24N2O2/c1-11-12(2)14(4)16-9-18(20-10-21(5)6)17(19(22)23-7)8-15(16)13(11)3/h8-10H,1-7H3. The van der Waals surface area contributed by atoms with E-state index in [-0.39, 0.29) is 5.97 Å². The van der Waals surface area contributed by atoms with Gasteiger partial charge in [0.05, 0.1) is 24.7 Å². The van der Waals surface area contributed by atoms with Gasteiger partial charge in [-0.1, -0.05) is 0 Å². The fourth-order valence-electron chi connectivity index (χ4n) is 2.73. The second-order valence-corrected chi connectivity index (χ2v) is 6.11. The minimum absolute atomic E-state index is 0.368. The molecule has 23 heavy (non-hydrogen) atoms. The van der Waals surface area contributed by atoms with E-state index in [1.807, 2.05) is 31.1 Å². The predicted molar refractivity (Wildman–Crippen MR) is 96.1 cm³/mol. The van der Waals surface area contributed by atoms with Crippen molar-refractivity contribution in [3.05, 3.63) is 39.9 Å². The summed E-state index contributed by atoms with van der Waals surface area (Å²) in [5.74, 6) is -0.368. The number of fused-ring (bicyclic) bond motifs is 1. The van der Waals surface area contributed by atoms with Gasteiger partial charge in [-0.3, -0.25) is 0 Å². The van der Waals surface area contributed by atoms with Crippen molar-refractivity contribution in [2.45, 2.75) is 27.7 Å². The summed E-state index contributed by atoms with van der Waals surface area (Å²) < 4.78 is 4.93. The lowest BCUT2D eigenvalue weighted by Crippen LogP contribution is -2.08. The topological polar surface area (TPSA) is 41.9 Å². The molecular formula is C19H24N2O2. The summed E-state index contributed by atoms with van der Waals surface area (Å²) in [4.78, 5) is 18.4. The molecule has 0 N–H and O–H groups in total. The zero-order valence-corrected chi connectivity index (χ0v) is 14.9. The highest BCUT2D eigenvalue weighted by molar-refractivity contribution is 6.03. The summed E-state index contributed by atoms with van der Waals surface area (Å²) in [5.41, 5.74) is 6.07. The third kappa shape index (κ3) is 3.07. The average Bonchev–Trinajstić information content (AvgIpc) is 2.54. The molecule has 0 heterocycles. The zero-order chi connectivity index (χ0) is 17.3. The Kier molecular flexibility index (Phi) is 4.73. The van der Waals surface area contributed by atoms with Crippen LogP contribution in [0.2, 0.25) is 0 Å². The number of hydrogen-bond donors (Lipinski definition) is 0. The highest BCUT2D eigenvalue weighted by Crippen LogP contribution is 2.34. The molecule has 2 aromatic rings. The fourth-order valence-corrected chi connectivity index (χ4v) is 2.73. The summed E-state index contributed by atoms with van der Waals surface area (Å²) in [7, 11) is 5.18. The van der Waals surface area contributed by atoms with Gasteiger partial charge in [-0.15, -0.1) is 0 Å². The van der Waals surface area contributed by atoms with Gasteiger partial charge in [-0.2, -0.15) is 0 Å². The number of esters is 1. The van der Waals surface area contributed by atoms with E-state index in [1.165, 1.54) is 29.4 Å². The van der Waals surface area contributed by atoms with Crippen molar-refractivity contribution in [2.75, 3.05) is 21.2 Å². The molecule has 0 aliphatic carbocycles. The Balaban J connectivity index is 2.86. The molecule has 4 heteroatoms. The molecule has 0 bridgehead atoms. The summed E-state index contributed by atoms with van der Waals surface area (Å²) in [6, 6.07) is 3.88. The van der Waals surface area contributed by atoms with E-state index in [2.05, 4.69) is 32.7 Å². The van der Waals surface area contributed by atoms with Crippen molar-refractivity contribution in [3.8, 4) is 0 Å². The van der Waals surface area contributed by atoms with Gasteiger partial charge in [0.1, 0.15) is 0 Å². The van der Waals surface area contributed by atoms with Crippen LogP contribution in [0.5, 0.6) is 0 Å². The third-order valence-corrected chi connectivity index (χ3v) is 4.46. The maximum absolute atomic E-state index is 12.2. The first kappa shape index (κ1) is 17.0. The number of hydrogen-bond acceptors (Lipinski definition) is 3. The monoisotopic (exact) mass is 312 g/mol. The van der Waals surface area contributed by atoms with Gasteiger partial charge in [-0.05, 0) is 72.9 Å².